The molecule has 0 bridgehead atoms. The van der Waals surface area contributed by atoms with Crippen LogP contribution in [-0.2, 0) is 19.6 Å². The summed E-state index contributed by atoms with van der Waals surface area (Å²) in [6, 6.07) is 12.1. The van der Waals surface area contributed by atoms with Crippen molar-refractivity contribution in [2.24, 2.45) is 5.73 Å². The molecule has 2 rings (SSSR count). The van der Waals surface area contributed by atoms with E-state index in [4.69, 9.17) is 19.9 Å². The van der Waals surface area contributed by atoms with Gasteiger partial charge in [-0.15, -0.1) is 0 Å². The van der Waals surface area contributed by atoms with Crippen molar-refractivity contribution in [2.75, 3.05) is 6.61 Å². The van der Waals surface area contributed by atoms with Gasteiger partial charge in [-0.05, 0) is 50.1 Å². The second-order valence-corrected chi connectivity index (χ2v) is 7.99. The number of carbonyl (C=O) groups is 2. The molecule has 0 aromatic heterocycles. The lowest BCUT2D eigenvalue weighted by Gasteiger charge is -2.13. The van der Waals surface area contributed by atoms with Gasteiger partial charge in [0.05, 0.1) is 0 Å². The summed E-state index contributed by atoms with van der Waals surface area (Å²) in [6.07, 6.45) is 0. The van der Waals surface area contributed by atoms with E-state index >= 15 is 0 Å². The largest absolute Gasteiger partial charge is 0.454 e. The molecule has 0 atom stereocenters. The zero-order valence-electron chi connectivity index (χ0n) is 16.6. The van der Waals surface area contributed by atoms with Gasteiger partial charge in [-0.25, -0.2) is 4.79 Å². The Morgan fingerprint density at radius 1 is 1.13 bits per heavy atom. The second kappa shape index (κ2) is 9.24. The summed E-state index contributed by atoms with van der Waals surface area (Å²) < 4.78 is 35.6. The lowest BCUT2D eigenvalue weighted by atomic mass is 10.1. The van der Waals surface area contributed by atoms with Gasteiger partial charge in [0.25, 0.3) is 0 Å². The number of benzene rings is 2. The lowest BCUT2D eigenvalue weighted by molar-refractivity contribution is -0.118. The number of hydrogen-bond acceptors (Lipinski definition) is 8. The number of nitriles is 1. The standard InChI is InChI=1S/C21H20N2O6S/c1-13-8-9-14(2)20(10-13)30(26,27)29-19-7-5-4-6-16(19)21(25)28-12-18(24)17(11-22)15(3)23/h4-10H,12,23H2,1-3H3. The predicted molar refractivity (Wildman–Crippen MR) is 108 cm³/mol. The number of esters is 1. The minimum absolute atomic E-state index is 0.00176. The molecule has 0 spiro atoms. The lowest BCUT2D eigenvalue weighted by Crippen LogP contribution is -2.19. The monoisotopic (exact) mass is 428 g/mol. The third-order valence-corrected chi connectivity index (χ3v) is 5.42. The molecule has 0 aliphatic heterocycles. The van der Waals surface area contributed by atoms with Crippen molar-refractivity contribution in [3.8, 4) is 11.8 Å². The molecule has 156 valence electrons. The van der Waals surface area contributed by atoms with Crippen molar-refractivity contribution in [3.05, 3.63) is 70.4 Å². The van der Waals surface area contributed by atoms with Crippen LogP contribution in [0.4, 0.5) is 0 Å². The van der Waals surface area contributed by atoms with Crippen LogP contribution in [0.5, 0.6) is 5.75 Å². The third kappa shape index (κ3) is 5.24. The molecular formula is C21H20N2O6S. The number of carbonyl (C=O) groups excluding carboxylic acids is 2. The summed E-state index contributed by atoms with van der Waals surface area (Å²) in [7, 11) is -4.22. The topological polar surface area (TPSA) is 137 Å². The van der Waals surface area contributed by atoms with Crippen molar-refractivity contribution in [1.29, 1.82) is 5.26 Å². The first-order chi connectivity index (χ1) is 14.1. The summed E-state index contributed by atoms with van der Waals surface area (Å²) in [6.45, 7) is 4.02. The Labute approximate surface area is 174 Å². The molecule has 9 heteroatoms. The van der Waals surface area contributed by atoms with E-state index < -0.39 is 28.5 Å². The Bertz CT molecular complexity index is 1170. The van der Waals surface area contributed by atoms with Crippen LogP contribution in [-0.4, -0.2) is 26.8 Å². The zero-order chi connectivity index (χ0) is 22.5. The van der Waals surface area contributed by atoms with Crippen molar-refractivity contribution in [1.82, 2.24) is 0 Å². The van der Waals surface area contributed by atoms with Crippen LogP contribution in [0.15, 0.2) is 58.6 Å². The molecular weight excluding hydrogens is 408 g/mol. The number of Topliss-reactive ketones (excluding diaryl/α,β-unsaturated/α-hetero) is 1. The van der Waals surface area contributed by atoms with E-state index in [-0.39, 0.29) is 27.5 Å². The van der Waals surface area contributed by atoms with Crippen LogP contribution in [0, 0.1) is 25.2 Å². The Kier molecular flexibility index (Phi) is 6.97. The molecule has 2 aromatic rings. The number of ketones is 1. The number of rotatable bonds is 7. The molecule has 0 heterocycles. The molecule has 0 aliphatic rings. The second-order valence-electron chi connectivity index (χ2n) is 6.47. The number of aryl methyl sites for hydroxylation is 2. The van der Waals surface area contributed by atoms with Crippen LogP contribution >= 0.6 is 0 Å². The van der Waals surface area contributed by atoms with E-state index in [0.717, 1.165) is 5.56 Å². The van der Waals surface area contributed by atoms with Crippen molar-refractivity contribution in [2.45, 2.75) is 25.7 Å². The number of nitrogens with zero attached hydrogens (tertiary/aromatic N) is 1. The number of nitrogens with two attached hydrogens (primary N) is 1. The Hall–Kier alpha value is -3.64. The quantitative estimate of drug-likeness (QED) is 0.307. The number of para-hydroxylation sites is 1. The molecule has 2 N–H and O–H groups in total. The molecule has 0 aliphatic carbocycles. The predicted octanol–water partition coefficient (Wildman–Crippen LogP) is 2.55. The Morgan fingerprint density at radius 2 is 1.80 bits per heavy atom. The zero-order valence-corrected chi connectivity index (χ0v) is 17.4. The summed E-state index contributed by atoms with van der Waals surface area (Å²) in [5.74, 6) is -2.00. The first kappa shape index (κ1) is 22.6. The smallest absolute Gasteiger partial charge is 0.342 e. The van der Waals surface area contributed by atoms with Gasteiger partial charge in [-0.2, -0.15) is 13.7 Å². The van der Waals surface area contributed by atoms with Gasteiger partial charge in [0.15, 0.2) is 12.4 Å². The van der Waals surface area contributed by atoms with Gasteiger partial charge < -0.3 is 14.7 Å². The molecule has 0 unspecified atom stereocenters. The van der Waals surface area contributed by atoms with Crippen molar-refractivity contribution < 1.29 is 26.9 Å². The highest BCUT2D eigenvalue weighted by molar-refractivity contribution is 7.87. The summed E-state index contributed by atoms with van der Waals surface area (Å²) in [5.41, 5.74) is 6.16. The maximum Gasteiger partial charge on any atom is 0.342 e. The highest BCUT2D eigenvalue weighted by Gasteiger charge is 2.24. The van der Waals surface area contributed by atoms with Gasteiger partial charge in [-0.3, -0.25) is 4.79 Å². The van der Waals surface area contributed by atoms with Gasteiger partial charge >= 0.3 is 16.1 Å². The maximum atomic E-state index is 12.7. The third-order valence-electron chi connectivity index (χ3n) is 4.04. The van der Waals surface area contributed by atoms with Crippen LogP contribution in [0.2, 0.25) is 0 Å². The minimum atomic E-state index is -4.22. The summed E-state index contributed by atoms with van der Waals surface area (Å²) >= 11 is 0. The molecule has 0 amide bonds. The van der Waals surface area contributed by atoms with Crippen LogP contribution in [0.25, 0.3) is 0 Å². The number of hydrogen-bond donors (Lipinski definition) is 1. The SMILES string of the molecule is CC(N)=C(C#N)C(=O)COC(=O)c1ccccc1OS(=O)(=O)c1cc(C)ccc1C. The van der Waals surface area contributed by atoms with Crippen molar-refractivity contribution in [3.63, 3.8) is 0 Å². The molecule has 0 fully saturated rings. The average Bonchev–Trinajstić information content (AvgIpc) is 2.68. The van der Waals surface area contributed by atoms with Gasteiger partial charge in [0, 0.05) is 5.70 Å². The van der Waals surface area contributed by atoms with E-state index in [1.54, 1.807) is 32.0 Å². The maximum absolute atomic E-state index is 12.7. The fraction of sp³-hybridized carbons (Fsp3) is 0.190. The van der Waals surface area contributed by atoms with Gasteiger partial charge in [-0.1, -0.05) is 24.3 Å². The highest BCUT2D eigenvalue weighted by atomic mass is 32.2. The van der Waals surface area contributed by atoms with Crippen LogP contribution < -0.4 is 9.92 Å². The fourth-order valence-electron chi connectivity index (χ4n) is 2.50. The molecule has 2 aromatic carbocycles. The fourth-order valence-corrected chi connectivity index (χ4v) is 3.76. The molecule has 0 saturated heterocycles. The molecule has 30 heavy (non-hydrogen) atoms. The average molecular weight is 428 g/mol. The van der Waals surface area contributed by atoms with E-state index in [0.29, 0.717) is 5.56 Å². The molecule has 8 nitrogen and oxygen atoms in total. The highest BCUT2D eigenvalue weighted by Crippen LogP contribution is 2.26. The van der Waals surface area contributed by atoms with E-state index in [1.165, 1.54) is 37.3 Å². The summed E-state index contributed by atoms with van der Waals surface area (Å²) in [4.78, 5) is 24.3. The normalized spacial score (nSPS) is 11.8. The van der Waals surface area contributed by atoms with Gasteiger partial charge in [0.1, 0.15) is 22.1 Å². The van der Waals surface area contributed by atoms with E-state index in [2.05, 4.69) is 0 Å². The van der Waals surface area contributed by atoms with Gasteiger partial charge in [0.2, 0.25) is 5.78 Å². The number of allylic oxidation sites excluding steroid dienone is 1. The summed E-state index contributed by atoms with van der Waals surface area (Å²) in [5, 5.41) is 8.94. The van der Waals surface area contributed by atoms with E-state index in [9.17, 15) is 18.0 Å². The molecule has 0 radical (unpaired) electrons. The first-order valence-electron chi connectivity index (χ1n) is 8.74. The molecule has 0 saturated carbocycles. The minimum Gasteiger partial charge on any atom is -0.454 e. The Morgan fingerprint density at radius 3 is 2.43 bits per heavy atom. The van der Waals surface area contributed by atoms with Crippen LogP contribution in [0.3, 0.4) is 0 Å². The van der Waals surface area contributed by atoms with Crippen molar-refractivity contribution >= 4 is 21.9 Å². The van der Waals surface area contributed by atoms with E-state index in [1.807, 2.05) is 0 Å². The Balaban J connectivity index is 2.27. The first-order valence-corrected chi connectivity index (χ1v) is 10.1. The number of ether oxygens (including phenoxy) is 1. The van der Waals surface area contributed by atoms with Crippen LogP contribution in [0.1, 0.15) is 28.4 Å².